The highest BCUT2D eigenvalue weighted by molar-refractivity contribution is 8.18. The van der Waals surface area contributed by atoms with Gasteiger partial charge in [-0.3, -0.25) is 19.7 Å². The molecule has 5 rings (SSSR count). The summed E-state index contributed by atoms with van der Waals surface area (Å²) < 4.78 is 28.3. The highest BCUT2D eigenvalue weighted by atomic mass is 32.2. The number of thioether (sulfide) groups is 1. The summed E-state index contributed by atoms with van der Waals surface area (Å²) in [7, 11) is 3.10. The Hall–Kier alpha value is -4.70. The number of ether oxygens (including phenoxy) is 4. The fourth-order valence-corrected chi connectivity index (χ4v) is 4.71. The predicted molar refractivity (Wildman–Crippen MR) is 152 cm³/mol. The number of benzene rings is 3. The van der Waals surface area contributed by atoms with E-state index in [1.165, 1.54) is 6.07 Å². The number of fused-ring (bicyclic) bond motifs is 1. The van der Waals surface area contributed by atoms with E-state index in [1.807, 2.05) is 12.1 Å². The maximum absolute atomic E-state index is 12.7. The molecule has 204 valence electrons. The molecule has 10 heteroatoms. The van der Waals surface area contributed by atoms with Gasteiger partial charge >= 0.3 is 0 Å². The van der Waals surface area contributed by atoms with Crippen molar-refractivity contribution in [3.8, 4) is 34.3 Å². The lowest BCUT2D eigenvalue weighted by atomic mass is 10.1. The number of carbonyl (C=O) groups is 2. The Morgan fingerprint density at radius 3 is 2.25 bits per heavy atom. The lowest BCUT2D eigenvalue weighted by molar-refractivity contribution is -0.115. The second kappa shape index (κ2) is 12.0. The van der Waals surface area contributed by atoms with E-state index in [2.05, 4.69) is 5.32 Å². The summed E-state index contributed by atoms with van der Waals surface area (Å²) in [4.78, 5) is 36.0. The lowest BCUT2D eigenvalue weighted by Gasteiger charge is -2.10. The number of methoxy groups -OCH3 is 2. The molecule has 0 saturated carbocycles. The second-order valence-corrected chi connectivity index (χ2v) is 9.69. The van der Waals surface area contributed by atoms with Gasteiger partial charge < -0.3 is 23.4 Å². The van der Waals surface area contributed by atoms with Crippen LogP contribution in [0.3, 0.4) is 0 Å². The van der Waals surface area contributed by atoms with Crippen molar-refractivity contribution in [1.82, 2.24) is 5.32 Å². The minimum absolute atomic E-state index is 0.160. The highest BCUT2D eigenvalue weighted by Crippen LogP contribution is 2.33. The second-order valence-electron chi connectivity index (χ2n) is 8.67. The van der Waals surface area contributed by atoms with Crippen LogP contribution in [-0.2, 0) is 4.79 Å². The van der Waals surface area contributed by atoms with Gasteiger partial charge in [-0.1, -0.05) is 12.1 Å². The molecule has 1 aliphatic rings. The predicted octanol–water partition coefficient (Wildman–Crippen LogP) is 5.65. The lowest BCUT2D eigenvalue weighted by Crippen LogP contribution is -2.17. The zero-order valence-electron chi connectivity index (χ0n) is 21.7. The van der Waals surface area contributed by atoms with Gasteiger partial charge in [-0.05, 0) is 65.9 Å². The van der Waals surface area contributed by atoms with Crippen LogP contribution in [-0.4, -0.2) is 38.6 Å². The minimum Gasteiger partial charge on any atom is -0.493 e. The zero-order valence-corrected chi connectivity index (χ0v) is 22.5. The molecule has 0 radical (unpaired) electrons. The quantitative estimate of drug-likeness (QED) is 0.195. The van der Waals surface area contributed by atoms with Crippen molar-refractivity contribution in [2.45, 2.75) is 6.42 Å². The zero-order chi connectivity index (χ0) is 28.1. The molecule has 0 atom stereocenters. The molecule has 2 amide bonds. The van der Waals surface area contributed by atoms with Crippen molar-refractivity contribution < 1.29 is 33.0 Å². The third-order valence-electron chi connectivity index (χ3n) is 6.01. The first-order chi connectivity index (χ1) is 19.4. The molecule has 0 unspecified atom stereocenters. The third-order valence-corrected chi connectivity index (χ3v) is 6.83. The van der Waals surface area contributed by atoms with Crippen LogP contribution in [0.4, 0.5) is 4.79 Å². The molecule has 1 saturated heterocycles. The summed E-state index contributed by atoms with van der Waals surface area (Å²) in [6, 6.07) is 19.1. The van der Waals surface area contributed by atoms with E-state index >= 15 is 0 Å². The molecule has 1 fully saturated rings. The normalized spacial score (nSPS) is 13.9. The molecule has 4 aromatic rings. The number of hydrogen-bond acceptors (Lipinski definition) is 9. The van der Waals surface area contributed by atoms with Crippen LogP contribution in [0.1, 0.15) is 12.0 Å². The molecule has 2 heterocycles. The molecule has 3 aromatic carbocycles. The molecule has 0 spiro atoms. The Kier molecular flexibility index (Phi) is 8.07. The Balaban J connectivity index is 1.17. The van der Waals surface area contributed by atoms with E-state index in [0.29, 0.717) is 69.8 Å². The first-order valence-corrected chi connectivity index (χ1v) is 13.2. The van der Waals surface area contributed by atoms with Gasteiger partial charge in [-0.15, -0.1) is 0 Å². The van der Waals surface area contributed by atoms with E-state index in [4.69, 9.17) is 23.4 Å². The van der Waals surface area contributed by atoms with E-state index in [9.17, 15) is 14.4 Å². The summed E-state index contributed by atoms with van der Waals surface area (Å²) >= 11 is 0.880. The Bertz CT molecular complexity index is 1660. The average Bonchev–Trinajstić information content (AvgIpc) is 3.28. The first-order valence-electron chi connectivity index (χ1n) is 12.3. The molecule has 1 N–H and O–H groups in total. The number of imide groups is 1. The largest absolute Gasteiger partial charge is 0.493 e. The first kappa shape index (κ1) is 26.9. The topological polar surface area (TPSA) is 113 Å². The van der Waals surface area contributed by atoms with Crippen molar-refractivity contribution >= 4 is 40.0 Å². The molecule has 40 heavy (non-hydrogen) atoms. The van der Waals surface area contributed by atoms with Gasteiger partial charge in [0.15, 0.2) is 16.9 Å². The molecular weight excluding hydrogens is 534 g/mol. The van der Waals surface area contributed by atoms with Crippen LogP contribution >= 0.6 is 11.8 Å². The Labute approximate surface area is 233 Å². The Morgan fingerprint density at radius 1 is 0.825 bits per heavy atom. The van der Waals surface area contributed by atoms with Gasteiger partial charge in [0.25, 0.3) is 11.1 Å². The van der Waals surface area contributed by atoms with Crippen LogP contribution in [0.2, 0.25) is 0 Å². The van der Waals surface area contributed by atoms with Crippen molar-refractivity contribution in [1.29, 1.82) is 0 Å². The van der Waals surface area contributed by atoms with Crippen LogP contribution < -0.4 is 29.7 Å². The van der Waals surface area contributed by atoms with Crippen molar-refractivity contribution in [2.24, 2.45) is 0 Å². The molecule has 1 aliphatic heterocycles. The van der Waals surface area contributed by atoms with Crippen LogP contribution in [0.5, 0.6) is 23.0 Å². The van der Waals surface area contributed by atoms with E-state index in [-0.39, 0.29) is 16.6 Å². The standard InChI is InChI=1S/C30H25NO8S/c1-35-24-11-6-19(15-27(24)36-2)25-17-23(32)22-10-9-21(16-26(22)39-25)38-13-3-12-37-20-7-4-18(5-8-20)14-28-29(33)31-30(34)40-28/h4-11,14-17H,3,12-13H2,1-2H3,(H,31,33,34). The number of nitrogens with one attached hydrogen (secondary N) is 1. The summed E-state index contributed by atoms with van der Waals surface area (Å²) in [5, 5.41) is 2.32. The monoisotopic (exact) mass is 559 g/mol. The number of rotatable bonds is 10. The van der Waals surface area contributed by atoms with Gasteiger partial charge in [0, 0.05) is 24.1 Å². The maximum Gasteiger partial charge on any atom is 0.290 e. The molecule has 9 nitrogen and oxygen atoms in total. The van der Waals surface area contributed by atoms with Gasteiger partial charge in [0.05, 0.1) is 37.7 Å². The van der Waals surface area contributed by atoms with Gasteiger partial charge in [0.1, 0.15) is 22.8 Å². The van der Waals surface area contributed by atoms with Crippen molar-refractivity contribution in [2.75, 3.05) is 27.4 Å². The Morgan fingerprint density at radius 2 is 1.55 bits per heavy atom. The number of amides is 2. The van der Waals surface area contributed by atoms with Crippen molar-refractivity contribution in [3.63, 3.8) is 0 Å². The van der Waals surface area contributed by atoms with Crippen molar-refractivity contribution in [3.05, 3.63) is 87.4 Å². The van der Waals surface area contributed by atoms with Crippen LogP contribution in [0, 0.1) is 0 Å². The van der Waals surface area contributed by atoms with Gasteiger partial charge in [0.2, 0.25) is 0 Å². The SMILES string of the molecule is COc1ccc(-c2cc(=O)c3ccc(OCCCOc4ccc(C=C5SC(=O)NC5=O)cc4)cc3o2)cc1OC. The van der Waals surface area contributed by atoms with E-state index in [1.54, 1.807) is 68.8 Å². The minimum atomic E-state index is -0.387. The summed E-state index contributed by atoms with van der Waals surface area (Å²) in [5.74, 6) is 2.38. The van der Waals surface area contributed by atoms with E-state index < -0.39 is 0 Å². The summed E-state index contributed by atoms with van der Waals surface area (Å²) in [6.07, 6.45) is 2.28. The molecule has 0 aliphatic carbocycles. The summed E-state index contributed by atoms with van der Waals surface area (Å²) in [6.45, 7) is 0.828. The fourth-order valence-electron chi connectivity index (χ4n) is 4.03. The highest BCUT2D eigenvalue weighted by Gasteiger charge is 2.24. The molecular formula is C30H25NO8S. The maximum atomic E-state index is 12.7. The fraction of sp³-hybridized carbons (Fsp3) is 0.167. The molecule has 0 bridgehead atoms. The third kappa shape index (κ3) is 6.13. The van der Waals surface area contributed by atoms with Gasteiger partial charge in [-0.2, -0.15) is 0 Å². The van der Waals surface area contributed by atoms with Gasteiger partial charge in [-0.25, -0.2) is 0 Å². The van der Waals surface area contributed by atoms with Crippen LogP contribution in [0.15, 0.2) is 80.8 Å². The molecule has 1 aromatic heterocycles. The number of hydrogen-bond donors (Lipinski definition) is 1. The summed E-state index contributed by atoms with van der Waals surface area (Å²) in [5.41, 5.74) is 1.73. The van der Waals surface area contributed by atoms with E-state index in [0.717, 1.165) is 17.3 Å². The average molecular weight is 560 g/mol. The number of carbonyl (C=O) groups excluding carboxylic acids is 2. The smallest absolute Gasteiger partial charge is 0.290 e. The van der Waals surface area contributed by atoms with Crippen LogP contribution in [0.25, 0.3) is 28.4 Å².